The molecule has 23 heavy (non-hydrogen) atoms. The molecule has 6 heteroatoms. The molecule has 2 heterocycles. The van der Waals surface area contributed by atoms with Crippen molar-refractivity contribution in [3.63, 3.8) is 0 Å². The van der Waals surface area contributed by atoms with E-state index in [1.54, 1.807) is 11.1 Å². The molecule has 1 unspecified atom stereocenters. The number of hydrogen-bond acceptors (Lipinski definition) is 3. The lowest BCUT2D eigenvalue weighted by Gasteiger charge is -2.36. The summed E-state index contributed by atoms with van der Waals surface area (Å²) in [5.41, 5.74) is 2.32. The first-order valence-corrected chi connectivity index (χ1v) is 7.99. The van der Waals surface area contributed by atoms with Crippen LogP contribution in [-0.2, 0) is 4.79 Å². The Morgan fingerprint density at radius 1 is 1.43 bits per heavy atom. The number of fused-ring (bicyclic) bond motifs is 1. The van der Waals surface area contributed by atoms with Crippen LogP contribution < -0.4 is 5.32 Å². The molecule has 0 spiro atoms. The van der Waals surface area contributed by atoms with Crippen LogP contribution >= 0.6 is 0 Å². The topological polar surface area (TPSA) is 78.1 Å². The number of rotatable bonds is 3. The third-order valence-electron chi connectivity index (χ3n) is 4.21. The van der Waals surface area contributed by atoms with E-state index in [1.807, 2.05) is 19.1 Å². The van der Waals surface area contributed by atoms with Crippen LogP contribution in [0.3, 0.4) is 0 Å². The average Bonchev–Trinajstić information content (AvgIpc) is 2.95. The Bertz CT molecular complexity index is 750. The minimum atomic E-state index is -0.408. The molecule has 122 valence electrons. The minimum absolute atomic E-state index is 0.0631. The molecule has 3 rings (SSSR count). The highest BCUT2D eigenvalue weighted by Gasteiger charge is 2.34. The third-order valence-corrected chi connectivity index (χ3v) is 4.21. The number of amides is 2. The predicted molar refractivity (Wildman–Crippen MR) is 88.1 cm³/mol. The highest BCUT2D eigenvalue weighted by Crippen LogP contribution is 2.23. The van der Waals surface area contributed by atoms with E-state index in [2.05, 4.69) is 29.4 Å². The largest absolute Gasteiger partial charge is 0.353 e. The minimum Gasteiger partial charge on any atom is -0.353 e. The first-order valence-electron chi connectivity index (χ1n) is 7.99. The lowest BCUT2D eigenvalue weighted by atomic mass is 9.98. The van der Waals surface area contributed by atoms with Crippen molar-refractivity contribution in [3.8, 4) is 0 Å². The van der Waals surface area contributed by atoms with Gasteiger partial charge >= 0.3 is 0 Å². The molecule has 1 fully saturated rings. The molecule has 2 aromatic rings. The van der Waals surface area contributed by atoms with Crippen molar-refractivity contribution >= 4 is 22.7 Å². The van der Waals surface area contributed by atoms with Crippen molar-refractivity contribution in [2.45, 2.75) is 33.2 Å². The van der Waals surface area contributed by atoms with Crippen LogP contribution in [0.1, 0.15) is 36.2 Å². The van der Waals surface area contributed by atoms with Crippen molar-refractivity contribution < 1.29 is 9.59 Å². The molecule has 1 aromatic heterocycles. The van der Waals surface area contributed by atoms with Gasteiger partial charge in [0.2, 0.25) is 5.91 Å². The second-order valence-corrected chi connectivity index (χ2v) is 6.58. The second kappa shape index (κ2) is 6.02. The fourth-order valence-corrected chi connectivity index (χ4v) is 3.17. The number of carbonyl (C=O) groups excluding carboxylic acids is 2. The molecule has 1 aromatic carbocycles. The molecule has 0 bridgehead atoms. The Morgan fingerprint density at radius 3 is 2.96 bits per heavy atom. The van der Waals surface area contributed by atoms with Crippen LogP contribution in [0.15, 0.2) is 18.3 Å². The van der Waals surface area contributed by atoms with E-state index >= 15 is 0 Å². The van der Waals surface area contributed by atoms with Gasteiger partial charge < -0.3 is 10.2 Å². The van der Waals surface area contributed by atoms with Gasteiger partial charge in [-0.1, -0.05) is 13.8 Å². The fraction of sp³-hybridized carbons (Fsp3) is 0.471. The maximum absolute atomic E-state index is 13.1. The predicted octanol–water partition coefficient (Wildman–Crippen LogP) is 1.86. The smallest absolute Gasteiger partial charge is 0.256 e. The lowest BCUT2D eigenvalue weighted by Crippen LogP contribution is -2.57. The lowest BCUT2D eigenvalue weighted by molar-refractivity contribution is -0.128. The second-order valence-electron chi connectivity index (χ2n) is 6.58. The summed E-state index contributed by atoms with van der Waals surface area (Å²) in [6.45, 7) is 7.11. The van der Waals surface area contributed by atoms with Crippen molar-refractivity contribution in [2.24, 2.45) is 5.92 Å². The summed E-state index contributed by atoms with van der Waals surface area (Å²) in [5, 5.41) is 10.7. The highest BCUT2D eigenvalue weighted by molar-refractivity contribution is 6.07. The van der Waals surface area contributed by atoms with Gasteiger partial charge in [-0.2, -0.15) is 5.10 Å². The number of aromatic amines is 1. The summed E-state index contributed by atoms with van der Waals surface area (Å²) in [6.07, 6.45) is 2.38. The van der Waals surface area contributed by atoms with Gasteiger partial charge in [0.1, 0.15) is 6.04 Å². The van der Waals surface area contributed by atoms with E-state index < -0.39 is 6.04 Å². The number of nitrogens with one attached hydrogen (secondary N) is 2. The van der Waals surface area contributed by atoms with E-state index in [0.29, 0.717) is 31.0 Å². The van der Waals surface area contributed by atoms with Crippen LogP contribution in [-0.4, -0.2) is 46.0 Å². The normalized spacial score (nSPS) is 18.5. The van der Waals surface area contributed by atoms with E-state index in [0.717, 1.165) is 16.5 Å². The fourth-order valence-electron chi connectivity index (χ4n) is 3.17. The van der Waals surface area contributed by atoms with Crippen LogP contribution in [0, 0.1) is 12.8 Å². The number of aromatic nitrogens is 2. The molecule has 0 saturated carbocycles. The number of aryl methyl sites for hydroxylation is 1. The summed E-state index contributed by atoms with van der Waals surface area (Å²) in [4.78, 5) is 27.0. The van der Waals surface area contributed by atoms with Gasteiger partial charge in [-0.3, -0.25) is 14.7 Å². The Hall–Kier alpha value is -2.37. The number of H-pyrrole nitrogens is 1. The monoisotopic (exact) mass is 314 g/mol. The Kier molecular flexibility index (Phi) is 4.07. The van der Waals surface area contributed by atoms with Crippen LogP contribution in [0.2, 0.25) is 0 Å². The molecule has 1 saturated heterocycles. The number of carbonyl (C=O) groups is 2. The van der Waals surface area contributed by atoms with Crippen molar-refractivity contribution in [1.82, 2.24) is 20.4 Å². The zero-order valence-electron chi connectivity index (χ0n) is 13.7. The van der Waals surface area contributed by atoms with Crippen LogP contribution in [0.5, 0.6) is 0 Å². The Morgan fingerprint density at radius 2 is 2.22 bits per heavy atom. The highest BCUT2D eigenvalue weighted by atomic mass is 16.2. The molecule has 6 nitrogen and oxygen atoms in total. The molecular formula is C17H22N4O2. The van der Waals surface area contributed by atoms with Crippen molar-refractivity contribution in [1.29, 1.82) is 0 Å². The molecule has 1 atom stereocenters. The van der Waals surface area contributed by atoms with Gasteiger partial charge in [-0.15, -0.1) is 0 Å². The molecule has 2 amide bonds. The van der Waals surface area contributed by atoms with Gasteiger partial charge in [0.25, 0.3) is 5.91 Å². The summed E-state index contributed by atoms with van der Waals surface area (Å²) < 4.78 is 0. The summed E-state index contributed by atoms with van der Waals surface area (Å²) >= 11 is 0. The van der Waals surface area contributed by atoms with E-state index in [9.17, 15) is 9.59 Å². The van der Waals surface area contributed by atoms with Crippen LogP contribution in [0.4, 0.5) is 0 Å². The van der Waals surface area contributed by atoms with Gasteiger partial charge in [-0.25, -0.2) is 0 Å². The molecule has 1 aliphatic heterocycles. The molecule has 0 radical (unpaired) electrons. The van der Waals surface area contributed by atoms with Gasteiger partial charge in [0.15, 0.2) is 0 Å². The maximum atomic E-state index is 13.1. The molecule has 1 aliphatic rings. The number of benzene rings is 1. The summed E-state index contributed by atoms with van der Waals surface area (Å²) in [5.74, 6) is 0.166. The van der Waals surface area contributed by atoms with E-state index in [-0.39, 0.29) is 11.8 Å². The molecule has 0 aliphatic carbocycles. The Balaban J connectivity index is 1.99. The first kappa shape index (κ1) is 15.5. The van der Waals surface area contributed by atoms with E-state index in [4.69, 9.17) is 0 Å². The first-order chi connectivity index (χ1) is 11.0. The zero-order valence-corrected chi connectivity index (χ0v) is 13.7. The molecule has 2 N–H and O–H groups in total. The van der Waals surface area contributed by atoms with Gasteiger partial charge in [0.05, 0.1) is 17.3 Å². The summed E-state index contributed by atoms with van der Waals surface area (Å²) in [7, 11) is 0. The SMILES string of the molecule is Cc1cc(C(=O)N2CCNC(=O)C2CC(C)C)c2[nH]ncc2c1. The quantitative estimate of drug-likeness (QED) is 0.907. The number of hydrogen-bond donors (Lipinski definition) is 2. The van der Waals surface area contributed by atoms with E-state index in [1.165, 1.54) is 0 Å². The van der Waals surface area contributed by atoms with Gasteiger partial charge in [0, 0.05) is 18.5 Å². The van der Waals surface area contributed by atoms with Crippen molar-refractivity contribution in [2.75, 3.05) is 13.1 Å². The Labute approximate surface area is 135 Å². The zero-order chi connectivity index (χ0) is 16.6. The average molecular weight is 314 g/mol. The maximum Gasteiger partial charge on any atom is 0.256 e. The van der Waals surface area contributed by atoms with Crippen LogP contribution in [0.25, 0.3) is 10.9 Å². The number of nitrogens with zero attached hydrogens (tertiary/aromatic N) is 2. The number of piperazine rings is 1. The standard InChI is InChI=1S/C17H22N4O2/c1-10(2)6-14-16(22)18-4-5-21(14)17(23)13-8-11(3)7-12-9-19-20-15(12)13/h7-10,14H,4-6H2,1-3H3,(H,18,22)(H,19,20). The van der Waals surface area contributed by atoms with Crippen molar-refractivity contribution in [3.05, 3.63) is 29.5 Å². The third kappa shape index (κ3) is 2.93. The van der Waals surface area contributed by atoms with Gasteiger partial charge in [-0.05, 0) is 37.0 Å². The molecular weight excluding hydrogens is 292 g/mol. The summed E-state index contributed by atoms with van der Waals surface area (Å²) in [6, 6.07) is 3.45.